The van der Waals surface area contributed by atoms with E-state index in [2.05, 4.69) is 20.6 Å². The van der Waals surface area contributed by atoms with Gasteiger partial charge >= 0.3 is 0 Å². The smallest absolute Gasteiger partial charge is 0.231 e. The Morgan fingerprint density at radius 1 is 1.24 bits per heavy atom. The molecule has 0 fully saturated rings. The molecule has 0 atom stereocenters. The van der Waals surface area contributed by atoms with Crippen molar-refractivity contribution in [2.24, 2.45) is 0 Å². The predicted molar refractivity (Wildman–Crippen MR) is 90.5 cm³/mol. The van der Waals surface area contributed by atoms with E-state index in [4.69, 9.17) is 9.47 Å². The molecule has 2 N–H and O–H groups in total. The van der Waals surface area contributed by atoms with E-state index >= 15 is 0 Å². The van der Waals surface area contributed by atoms with E-state index in [0.717, 1.165) is 28.5 Å². The van der Waals surface area contributed by atoms with Gasteiger partial charge in [0.2, 0.25) is 12.7 Å². The van der Waals surface area contributed by atoms with Crippen LogP contribution in [0.4, 0.5) is 5.82 Å². The summed E-state index contributed by atoms with van der Waals surface area (Å²) in [5.41, 5.74) is 1.73. The summed E-state index contributed by atoms with van der Waals surface area (Å²) < 4.78 is 12.5. The number of rotatable bonds is 6. The molecule has 4 rings (SSSR count). The molecule has 1 aromatic carbocycles. The van der Waals surface area contributed by atoms with E-state index in [-0.39, 0.29) is 12.7 Å². The predicted octanol–water partition coefficient (Wildman–Crippen LogP) is 1.58. The zero-order valence-electron chi connectivity index (χ0n) is 13.4. The molecule has 25 heavy (non-hydrogen) atoms. The van der Waals surface area contributed by atoms with E-state index in [9.17, 15) is 4.79 Å². The molecule has 0 saturated heterocycles. The maximum atomic E-state index is 12.0. The molecule has 0 bridgehead atoms. The molecule has 0 spiro atoms. The highest BCUT2D eigenvalue weighted by Crippen LogP contribution is 2.32. The standard InChI is InChI=1S/C17H17N5O3/c23-17(21-8-12-1-2-13-14(7-12)25-11-24-13)3-4-19-16-10-20-15-9-18-5-6-22(15)16/h1-2,5-7,9-10,19H,3-4,8,11H2,(H,21,23). The van der Waals surface area contributed by atoms with Crippen molar-refractivity contribution < 1.29 is 14.3 Å². The zero-order valence-corrected chi connectivity index (χ0v) is 13.4. The number of nitrogens with one attached hydrogen (secondary N) is 2. The van der Waals surface area contributed by atoms with Crippen LogP contribution >= 0.6 is 0 Å². The maximum absolute atomic E-state index is 12.0. The van der Waals surface area contributed by atoms with E-state index in [1.807, 2.05) is 28.8 Å². The second-order valence-corrected chi connectivity index (χ2v) is 5.59. The van der Waals surface area contributed by atoms with Crippen LogP contribution in [0.2, 0.25) is 0 Å². The lowest BCUT2D eigenvalue weighted by Crippen LogP contribution is -2.25. The molecule has 128 valence electrons. The highest BCUT2D eigenvalue weighted by atomic mass is 16.7. The minimum atomic E-state index is -0.0272. The number of ether oxygens (including phenoxy) is 2. The van der Waals surface area contributed by atoms with Crippen LogP contribution in [0.15, 0.2) is 43.0 Å². The summed E-state index contributed by atoms with van der Waals surface area (Å²) in [5, 5.41) is 6.11. The van der Waals surface area contributed by atoms with Gasteiger partial charge in [0.25, 0.3) is 0 Å². The first kappa shape index (κ1) is 15.3. The SMILES string of the molecule is O=C(CCNc1cnc2cnccn12)NCc1ccc2c(c1)OCO2. The van der Waals surface area contributed by atoms with Crippen molar-refractivity contribution in [2.75, 3.05) is 18.7 Å². The fourth-order valence-corrected chi connectivity index (χ4v) is 2.62. The normalized spacial score (nSPS) is 12.3. The van der Waals surface area contributed by atoms with Crippen molar-refractivity contribution in [3.05, 3.63) is 48.5 Å². The van der Waals surface area contributed by atoms with Crippen LogP contribution in [0, 0.1) is 0 Å². The van der Waals surface area contributed by atoms with E-state index in [0.29, 0.717) is 19.5 Å². The molecule has 3 heterocycles. The molecule has 8 nitrogen and oxygen atoms in total. The molecular formula is C17H17N5O3. The maximum Gasteiger partial charge on any atom is 0.231 e. The summed E-state index contributed by atoms with van der Waals surface area (Å²) in [6.45, 7) is 1.22. The zero-order chi connectivity index (χ0) is 17.1. The number of hydrogen-bond acceptors (Lipinski definition) is 6. The van der Waals surface area contributed by atoms with Crippen molar-refractivity contribution >= 4 is 17.4 Å². The minimum Gasteiger partial charge on any atom is -0.454 e. The number of hydrogen-bond donors (Lipinski definition) is 2. The Labute approximate surface area is 143 Å². The largest absolute Gasteiger partial charge is 0.454 e. The van der Waals surface area contributed by atoms with Gasteiger partial charge in [0.1, 0.15) is 5.82 Å². The Bertz CT molecular complexity index is 908. The van der Waals surface area contributed by atoms with Crippen LogP contribution in [-0.2, 0) is 11.3 Å². The van der Waals surface area contributed by atoms with E-state index < -0.39 is 0 Å². The molecule has 1 amide bonds. The Morgan fingerprint density at radius 3 is 3.12 bits per heavy atom. The van der Waals surface area contributed by atoms with Crippen LogP contribution in [0.3, 0.4) is 0 Å². The second-order valence-electron chi connectivity index (χ2n) is 5.59. The van der Waals surface area contributed by atoms with Crippen molar-refractivity contribution in [1.29, 1.82) is 0 Å². The van der Waals surface area contributed by atoms with Crippen molar-refractivity contribution in [3.63, 3.8) is 0 Å². The Kier molecular flexibility index (Phi) is 4.07. The summed E-state index contributed by atoms with van der Waals surface area (Å²) in [4.78, 5) is 20.3. The van der Waals surface area contributed by atoms with Gasteiger partial charge < -0.3 is 20.1 Å². The lowest BCUT2D eigenvalue weighted by atomic mass is 10.2. The fourth-order valence-electron chi connectivity index (χ4n) is 2.62. The van der Waals surface area contributed by atoms with E-state index in [1.165, 1.54) is 0 Å². The Balaban J connectivity index is 1.25. The van der Waals surface area contributed by atoms with Gasteiger partial charge in [-0.25, -0.2) is 4.98 Å². The average molecular weight is 339 g/mol. The van der Waals surface area contributed by atoms with Gasteiger partial charge in [0.05, 0.1) is 12.4 Å². The van der Waals surface area contributed by atoms with Gasteiger partial charge in [-0.3, -0.25) is 14.2 Å². The van der Waals surface area contributed by atoms with Gasteiger partial charge in [-0.05, 0) is 17.7 Å². The number of imidazole rings is 1. The third kappa shape index (κ3) is 3.32. The number of benzene rings is 1. The molecule has 0 aliphatic carbocycles. The van der Waals surface area contributed by atoms with Crippen LogP contribution in [0.25, 0.3) is 5.65 Å². The van der Waals surface area contributed by atoms with Crippen LogP contribution in [-0.4, -0.2) is 33.6 Å². The molecule has 2 aromatic heterocycles. The third-order valence-electron chi connectivity index (χ3n) is 3.90. The Morgan fingerprint density at radius 2 is 2.16 bits per heavy atom. The summed E-state index contributed by atoms with van der Waals surface area (Å²) in [7, 11) is 0. The number of fused-ring (bicyclic) bond motifs is 2. The number of carbonyl (C=O) groups is 1. The monoisotopic (exact) mass is 339 g/mol. The third-order valence-corrected chi connectivity index (χ3v) is 3.90. The van der Waals surface area contributed by atoms with E-state index in [1.54, 1.807) is 18.6 Å². The van der Waals surface area contributed by atoms with Crippen molar-refractivity contribution in [1.82, 2.24) is 19.7 Å². The number of carbonyl (C=O) groups excluding carboxylic acids is 1. The molecule has 0 saturated carbocycles. The molecule has 1 aliphatic rings. The van der Waals surface area contributed by atoms with Crippen LogP contribution in [0.5, 0.6) is 11.5 Å². The first-order valence-electron chi connectivity index (χ1n) is 7.96. The molecule has 0 radical (unpaired) electrons. The summed E-state index contributed by atoms with van der Waals surface area (Å²) in [6, 6.07) is 5.65. The summed E-state index contributed by atoms with van der Waals surface area (Å²) in [6.07, 6.45) is 7.29. The van der Waals surface area contributed by atoms with Crippen LogP contribution in [0.1, 0.15) is 12.0 Å². The topological polar surface area (TPSA) is 89.8 Å². The molecule has 0 unspecified atom stereocenters. The highest BCUT2D eigenvalue weighted by molar-refractivity contribution is 5.76. The average Bonchev–Trinajstić information content (AvgIpc) is 3.26. The number of amides is 1. The van der Waals surface area contributed by atoms with Gasteiger partial charge in [-0.15, -0.1) is 0 Å². The highest BCUT2D eigenvalue weighted by Gasteiger charge is 2.13. The van der Waals surface area contributed by atoms with Gasteiger partial charge in [0, 0.05) is 31.9 Å². The Hall–Kier alpha value is -3.29. The summed E-state index contributed by atoms with van der Waals surface area (Å²) in [5.74, 6) is 2.26. The van der Waals surface area contributed by atoms with Gasteiger partial charge in [-0.2, -0.15) is 0 Å². The number of aromatic nitrogens is 3. The first-order chi connectivity index (χ1) is 12.3. The molecule has 1 aliphatic heterocycles. The molecule has 3 aromatic rings. The molecular weight excluding hydrogens is 322 g/mol. The lowest BCUT2D eigenvalue weighted by molar-refractivity contribution is -0.121. The second kappa shape index (κ2) is 6.68. The minimum absolute atomic E-state index is 0.0272. The quantitative estimate of drug-likeness (QED) is 0.709. The van der Waals surface area contributed by atoms with Crippen molar-refractivity contribution in [2.45, 2.75) is 13.0 Å². The first-order valence-corrected chi connectivity index (χ1v) is 7.96. The van der Waals surface area contributed by atoms with Crippen molar-refractivity contribution in [3.8, 4) is 11.5 Å². The van der Waals surface area contributed by atoms with Crippen LogP contribution < -0.4 is 20.1 Å². The molecule has 8 heteroatoms. The summed E-state index contributed by atoms with van der Waals surface area (Å²) >= 11 is 0. The fraction of sp³-hybridized carbons (Fsp3) is 0.235. The lowest BCUT2D eigenvalue weighted by Gasteiger charge is -2.08. The number of nitrogens with zero attached hydrogens (tertiary/aromatic N) is 3. The number of anilines is 1. The van der Waals surface area contributed by atoms with Gasteiger partial charge in [-0.1, -0.05) is 6.07 Å². The van der Waals surface area contributed by atoms with Gasteiger partial charge in [0.15, 0.2) is 17.1 Å².